The second-order valence-electron chi connectivity index (χ2n) is 5.61. The zero-order valence-electron chi connectivity index (χ0n) is 10.1. The fourth-order valence-corrected chi connectivity index (χ4v) is 2.93. The lowest BCUT2D eigenvalue weighted by Gasteiger charge is -2.34. The summed E-state index contributed by atoms with van der Waals surface area (Å²) in [5.74, 6) is 3.25. The van der Waals surface area contributed by atoms with Crippen LogP contribution in [0.2, 0.25) is 0 Å². The molecule has 1 aliphatic carbocycles. The zero-order valence-corrected chi connectivity index (χ0v) is 10.8. The van der Waals surface area contributed by atoms with Crippen LogP contribution >= 0.6 is 11.6 Å². The highest BCUT2D eigenvalue weighted by Gasteiger charge is 2.28. The van der Waals surface area contributed by atoms with Crippen LogP contribution in [0.5, 0.6) is 0 Å². The maximum absolute atomic E-state index is 6.42. The van der Waals surface area contributed by atoms with Crippen molar-refractivity contribution in [2.75, 3.05) is 0 Å². The monoisotopic (exact) mass is 216 g/mol. The Bertz CT molecular complexity index is 155. The summed E-state index contributed by atoms with van der Waals surface area (Å²) in [6, 6.07) is 0. The summed E-state index contributed by atoms with van der Waals surface area (Å²) in [6.07, 6.45) is 5.51. The average Bonchev–Trinajstić information content (AvgIpc) is 2.16. The molecule has 1 aliphatic rings. The molecule has 0 nitrogen and oxygen atoms in total. The molecule has 0 aromatic heterocycles. The molecule has 1 rings (SSSR count). The van der Waals surface area contributed by atoms with Gasteiger partial charge in [-0.25, -0.2) is 0 Å². The smallest absolute Gasteiger partial charge is 0.0387 e. The van der Waals surface area contributed by atoms with Gasteiger partial charge in [0.2, 0.25) is 0 Å². The summed E-state index contributed by atoms with van der Waals surface area (Å²) in [4.78, 5) is 0. The van der Waals surface area contributed by atoms with E-state index in [4.69, 9.17) is 11.6 Å². The first-order chi connectivity index (χ1) is 6.52. The molecule has 84 valence electrons. The zero-order chi connectivity index (χ0) is 10.7. The average molecular weight is 217 g/mol. The SMILES string of the molecule is CC(C)C1CCC(C(Cl)C(C)C)CC1. The van der Waals surface area contributed by atoms with E-state index >= 15 is 0 Å². The van der Waals surface area contributed by atoms with E-state index in [1.165, 1.54) is 25.7 Å². The van der Waals surface area contributed by atoms with Gasteiger partial charge in [-0.3, -0.25) is 0 Å². The van der Waals surface area contributed by atoms with E-state index in [-0.39, 0.29) is 0 Å². The van der Waals surface area contributed by atoms with Gasteiger partial charge in [-0.15, -0.1) is 11.6 Å². The summed E-state index contributed by atoms with van der Waals surface area (Å²) >= 11 is 6.42. The minimum atomic E-state index is 0.406. The lowest BCUT2D eigenvalue weighted by atomic mass is 9.74. The largest absolute Gasteiger partial charge is 0.122 e. The Hall–Kier alpha value is 0.290. The molecule has 0 radical (unpaired) electrons. The van der Waals surface area contributed by atoms with E-state index in [0.717, 1.165) is 17.8 Å². The standard InChI is InChI=1S/C13H25Cl/c1-9(2)11-5-7-12(8-6-11)13(14)10(3)4/h9-13H,5-8H2,1-4H3. The lowest BCUT2D eigenvalue weighted by molar-refractivity contribution is 0.208. The number of alkyl halides is 1. The molecule has 14 heavy (non-hydrogen) atoms. The van der Waals surface area contributed by atoms with Gasteiger partial charge in [-0.05, 0) is 49.4 Å². The minimum Gasteiger partial charge on any atom is -0.122 e. The quantitative estimate of drug-likeness (QED) is 0.600. The van der Waals surface area contributed by atoms with Crippen LogP contribution in [0.15, 0.2) is 0 Å². The van der Waals surface area contributed by atoms with Crippen molar-refractivity contribution in [1.82, 2.24) is 0 Å². The first-order valence-electron chi connectivity index (χ1n) is 6.16. The molecule has 0 aromatic rings. The first kappa shape index (κ1) is 12.4. The Morgan fingerprint density at radius 2 is 1.29 bits per heavy atom. The van der Waals surface area contributed by atoms with Crippen molar-refractivity contribution in [2.45, 2.75) is 58.8 Å². The highest BCUT2D eigenvalue weighted by Crippen LogP contribution is 2.37. The number of rotatable bonds is 3. The highest BCUT2D eigenvalue weighted by atomic mass is 35.5. The van der Waals surface area contributed by atoms with Gasteiger partial charge in [0, 0.05) is 5.38 Å². The second-order valence-corrected chi connectivity index (χ2v) is 6.11. The molecule has 1 saturated carbocycles. The summed E-state index contributed by atoms with van der Waals surface area (Å²) in [5.41, 5.74) is 0. The molecule has 1 fully saturated rings. The van der Waals surface area contributed by atoms with E-state index in [1.807, 2.05) is 0 Å². The molecule has 0 spiro atoms. The fourth-order valence-electron chi connectivity index (χ4n) is 2.67. The fraction of sp³-hybridized carbons (Fsp3) is 1.00. The second kappa shape index (κ2) is 5.39. The molecule has 1 atom stereocenters. The van der Waals surface area contributed by atoms with Crippen LogP contribution in [-0.4, -0.2) is 5.38 Å². The Morgan fingerprint density at radius 1 is 0.857 bits per heavy atom. The molecular formula is C13H25Cl. The van der Waals surface area contributed by atoms with Gasteiger partial charge in [0.25, 0.3) is 0 Å². The molecular weight excluding hydrogens is 192 g/mol. The third kappa shape index (κ3) is 3.15. The van der Waals surface area contributed by atoms with Gasteiger partial charge in [-0.2, -0.15) is 0 Å². The van der Waals surface area contributed by atoms with Crippen molar-refractivity contribution in [3.05, 3.63) is 0 Å². The van der Waals surface area contributed by atoms with E-state index in [0.29, 0.717) is 11.3 Å². The van der Waals surface area contributed by atoms with Crippen LogP contribution < -0.4 is 0 Å². The molecule has 0 bridgehead atoms. The van der Waals surface area contributed by atoms with Crippen molar-refractivity contribution in [3.8, 4) is 0 Å². The predicted molar refractivity (Wildman–Crippen MR) is 64.8 cm³/mol. The Kier molecular flexibility index (Phi) is 4.76. The molecule has 0 amide bonds. The van der Waals surface area contributed by atoms with Crippen molar-refractivity contribution in [2.24, 2.45) is 23.7 Å². The highest BCUT2D eigenvalue weighted by molar-refractivity contribution is 6.20. The third-order valence-corrected chi connectivity index (χ3v) is 4.71. The topological polar surface area (TPSA) is 0 Å². The van der Waals surface area contributed by atoms with Crippen LogP contribution in [0, 0.1) is 23.7 Å². The van der Waals surface area contributed by atoms with E-state index in [2.05, 4.69) is 27.7 Å². The van der Waals surface area contributed by atoms with Gasteiger partial charge in [0.15, 0.2) is 0 Å². The minimum absolute atomic E-state index is 0.406. The summed E-state index contributed by atoms with van der Waals surface area (Å²) in [7, 11) is 0. The molecule has 0 saturated heterocycles. The molecule has 0 aliphatic heterocycles. The maximum Gasteiger partial charge on any atom is 0.0387 e. The molecule has 0 aromatic carbocycles. The van der Waals surface area contributed by atoms with Crippen LogP contribution in [0.25, 0.3) is 0 Å². The van der Waals surface area contributed by atoms with Crippen molar-refractivity contribution in [1.29, 1.82) is 0 Å². The normalized spacial score (nSPS) is 31.1. The molecule has 0 N–H and O–H groups in total. The maximum atomic E-state index is 6.42. The molecule has 1 unspecified atom stereocenters. The van der Waals surface area contributed by atoms with Gasteiger partial charge in [0.1, 0.15) is 0 Å². The number of hydrogen-bond acceptors (Lipinski definition) is 0. The van der Waals surface area contributed by atoms with Crippen LogP contribution in [0.1, 0.15) is 53.4 Å². The van der Waals surface area contributed by atoms with Gasteiger partial charge < -0.3 is 0 Å². The van der Waals surface area contributed by atoms with Crippen molar-refractivity contribution >= 4 is 11.6 Å². The predicted octanol–water partition coefficient (Wildman–Crippen LogP) is 4.71. The number of hydrogen-bond donors (Lipinski definition) is 0. The van der Waals surface area contributed by atoms with Gasteiger partial charge in [-0.1, -0.05) is 27.7 Å². The van der Waals surface area contributed by atoms with Gasteiger partial charge >= 0.3 is 0 Å². The van der Waals surface area contributed by atoms with Crippen molar-refractivity contribution < 1.29 is 0 Å². The Balaban J connectivity index is 2.35. The Morgan fingerprint density at radius 3 is 1.64 bits per heavy atom. The summed E-state index contributed by atoms with van der Waals surface area (Å²) in [5, 5.41) is 0.406. The van der Waals surface area contributed by atoms with Gasteiger partial charge in [0.05, 0.1) is 0 Å². The summed E-state index contributed by atoms with van der Waals surface area (Å²) < 4.78 is 0. The van der Waals surface area contributed by atoms with Crippen LogP contribution in [-0.2, 0) is 0 Å². The van der Waals surface area contributed by atoms with E-state index in [9.17, 15) is 0 Å². The lowest BCUT2D eigenvalue weighted by Crippen LogP contribution is -2.27. The summed E-state index contributed by atoms with van der Waals surface area (Å²) in [6.45, 7) is 9.19. The molecule has 0 heterocycles. The van der Waals surface area contributed by atoms with E-state index < -0.39 is 0 Å². The number of halogens is 1. The third-order valence-electron chi connectivity index (χ3n) is 3.85. The van der Waals surface area contributed by atoms with Crippen LogP contribution in [0.3, 0.4) is 0 Å². The van der Waals surface area contributed by atoms with E-state index in [1.54, 1.807) is 0 Å². The van der Waals surface area contributed by atoms with Crippen molar-refractivity contribution in [3.63, 3.8) is 0 Å². The van der Waals surface area contributed by atoms with Crippen LogP contribution in [0.4, 0.5) is 0 Å². The molecule has 1 heteroatoms. The Labute approximate surface area is 94.4 Å². The first-order valence-corrected chi connectivity index (χ1v) is 6.60.